The summed E-state index contributed by atoms with van der Waals surface area (Å²) in [7, 11) is 0. The van der Waals surface area contributed by atoms with E-state index in [-0.39, 0.29) is 5.41 Å². The number of aliphatic hydroxyl groups is 1. The third-order valence-electron chi connectivity index (χ3n) is 4.23. The van der Waals surface area contributed by atoms with Crippen molar-refractivity contribution < 1.29 is 5.11 Å². The van der Waals surface area contributed by atoms with Gasteiger partial charge >= 0.3 is 0 Å². The van der Waals surface area contributed by atoms with Crippen molar-refractivity contribution in [1.29, 1.82) is 0 Å². The smallest absolute Gasteiger partial charge is 0.155 e. The van der Waals surface area contributed by atoms with Gasteiger partial charge in [0, 0.05) is 5.41 Å². The topological polar surface area (TPSA) is 20.2 Å². The minimum Gasteiger partial charge on any atom is -0.373 e. The molecule has 1 atom stereocenters. The molecule has 17 heavy (non-hydrogen) atoms. The minimum atomic E-state index is -1.13. The quantitative estimate of drug-likeness (QED) is 0.768. The number of hydrogen-bond acceptors (Lipinski definition) is 1. The van der Waals surface area contributed by atoms with E-state index in [9.17, 15) is 5.11 Å². The predicted octanol–water partition coefficient (Wildman–Crippen LogP) is 3.48. The molecule has 0 amide bonds. The lowest BCUT2D eigenvalue weighted by molar-refractivity contribution is -0.0533. The lowest BCUT2D eigenvalue weighted by atomic mass is 9.62. The molecule has 0 saturated heterocycles. The van der Waals surface area contributed by atoms with E-state index >= 15 is 0 Å². The first-order chi connectivity index (χ1) is 8.12. The fourth-order valence-electron chi connectivity index (χ4n) is 2.98. The molecule has 1 aliphatic rings. The highest BCUT2D eigenvalue weighted by molar-refractivity contribution is 5.33. The molecule has 1 aromatic rings. The summed E-state index contributed by atoms with van der Waals surface area (Å²) >= 11 is 0. The van der Waals surface area contributed by atoms with Gasteiger partial charge in [0.15, 0.2) is 5.60 Å². The maximum atomic E-state index is 10.9. The Morgan fingerprint density at radius 2 is 1.76 bits per heavy atom. The van der Waals surface area contributed by atoms with Crippen molar-refractivity contribution in [3.8, 4) is 12.3 Å². The van der Waals surface area contributed by atoms with E-state index in [1.54, 1.807) is 0 Å². The second-order valence-corrected chi connectivity index (χ2v) is 5.34. The molecule has 1 heteroatoms. The van der Waals surface area contributed by atoms with E-state index in [0.29, 0.717) is 0 Å². The van der Waals surface area contributed by atoms with Crippen LogP contribution in [0, 0.1) is 17.8 Å². The monoisotopic (exact) mass is 228 g/mol. The normalized spacial score (nSPS) is 22.4. The van der Waals surface area contributed by atoms with Crippen LogP contribution in [0.2, 0.25) is 0 Å². The second kappa shape index (κ2) is 4.55. The SMILES string of the molecule is C#CC(O)(c1ccccc1)C1(C)CCCCC1. The lowest BCUT2D eigenvalue weighted by Gasteiger charge is -2.44. The summed E-state index contributed by atoms with van der Waals surface area (Å²) in [4.78, 5) is 0. The molecule has 0 bridgehead atoms. The van der Waals surface area contributed by atoms with Crippen LogP contribution in [0.3, 0.4) is 0 Å². The number of hydrogen-bond donors (Lipinski definition) is 1. The summed E-state index contributed by atoms with van der Waals surface area (Å²) in [5, 5.41) is 10.9. The van der Waals surface area contributed by atoms with Gasteiger partial charge < -0.3 is 5.11 Å². The van der Waals surface area contributed by atoms with E-state index in [1.165, 1.54) is 6.42 Å². The molecule has 1 saturated carbocycles. The van der Waals surface area contributed by atoms with Crippen molar-refractivity contribution in [3.63, 3.8) is 0 Å². The zero-order valence-corrected chi connectivity index (χ0v) is 10.4. The molecule has 1 N–H and O–H groups in total. The average molecular weight is 228 g/mol. The molecule has 1 aliphatic carbocycles. The van der Waals surface area contributed by atoms with Gasteiger partial charge in [-0.05, 0) is 18.4 Å². The molecule has 1 nitrogen and oxygen atoms in total. The molecule has 0 spiro atoms. The van der Waals surface area contributed by atoms with Crippen molar-refractivity contribution in [1.82, 2.24) is 0 Å². The standard InChI is InChI=1S/C16H20O/c1-3-16(17,14-10-6-4-7-11-14)15(2)12-8-5-9-13-15/h1,4,6-7,10-11,17H,5,8-9,12-13H2,2H3. The Morgan fingerprint density at radius 1 is 1.18 bits per heavy atom. The first-order valence-electron chi connectivity index (χ1n) is 6.38. The number of rotatable bonds is 2. The van der Waals surface area contributed by atoms with Gasteiger partial charge in [-0.1, -0.05) is 62.4 Å². The summed E-state index contributed by atoms with van der Waals surface area (Å²) in [5.41, 5.74) is -0.470. The van der Waals surface area contributed by atoms with Crippen LogP contribution in [-0.2, 0) is 5.60 Å². The van der Waals surface area contributed by atoms with Gasteiger partial charge in [0.25, 0.3) is 0 Å². The molecule has 1 fully saturated rings. The molecule has 0 heterocycles. The van der Waals surface area contributed by atoms with Crippen LogP contribution in [0.5, 0.6) is 0 Å². The molecule has 1 unspecified atom stereocenters. The Bertz CT molecular complexity index is 409. The minimum absolute atomic E-state index is 0.193. The van der Waals surface area contributed by atoms with Gasteiger partial charge in [0.05, 0.1) is 0 Å². The summed E-state index contributed by atoms with van der Waals surface area (Å²) in [6, 6.07) is 9.68. The number of benzene rings is 1. The molecular weight excluding hydrogens is 208 g/mol. The van der Waals surface area contributed by atoms with Crippen molar-refractivity contribution in [2.24, 2.45) is 5.41 Å². The Hall–Kier alpha value is -1.26. The zero-order chi connectivity index (χ0) is 12.4. The maximum Gasteiger partial charge on any atom is 0.155 e. The van der Waals surface area contributed by atoms with Crippen LogP contribution < -0.4 is 0 Å². The van der Waals surface area contributed by atoms with Gasteiger partial charge in [0.1, 0.15) is 0 Å². The highest BCUT2D eigenvalue weighted by atomic mass is 16.3. The first-order valence-corrected chi connectivity index (χ1v) is 6.38. The summed E-state index contributed by atoms with van der Waals surface area (Å²) in [5.74, 6) is 2.66. The molecule has 0 aromatic heterocycles. The zero-order valence-electron chi connectivity index (χ0n) is 10.4. The van der Waals surface area contributed by atoms with Gasteiger partial charge in [-0.25, -0.2) is 0 Å². The Balaban J connectivity index is 2.41. The molecule has 2 rings (SSSR count). The van der Waals surface area contributed by atoms with Crippen molar-refractivity contribution in [3.05, 3.63) is 35.9 Å². The van der Waals surface area contributed by atoms with Gasteiger partial charge in [0.2, 0.25) is 0 Å². The van der Waals surface area contributed by atoms with E-state index in [1.807, 2.05) is 30.3 Å². The van der Waals surface area contributed by atoms with Gasteiger partial charge in [-0.2, -0.15) is 0 Å². The second-order valence-electron chi connectivity index (χ2n) is 5.34. The Labute approximate surface area is 104 Å². The summed E-state index contributed by atoms with van der Waals surface area (Å²) in [6.07, 6.45) is 11.2. The van der Waals surface area contributed by atoms with Crippen LogP contribution in [0.4, 0.5) is 0 Å². The molecule has 0 radical (unpaired) electrons. The van der Waals surface area contributed by atoms with Crippen LogP contribution in [-0.4, -0.2) is 5.11 Å². The highest BCUT2D eigenvalue weighted by Gasteiger charge is 2.47. The molecule has 90 valence electrons. The molecule has 0 aliphatic heterocycles. The van der Waals surface area contributed by atoms with Crippen molar-refractivity contribution in [2.45, 2.75) is 44.6 Å². The number of terminal acetylenes is 1. The van der Waals surface area contributed by atoms with Crippen LogP contribution >= 0.6 is 0 Å². The van der Waals surface area contributed by atoms with Crippen LogP contribution in [0.15, 0.2) is 30.3 Å². The first kappa shape index (κ1) is 12.2. The molecular formula is C16H20O. The Morgan fingerprint density at radius 3 is 2.29 bits per heavy atom. The Kier molecular flexibility index (Phi) is 3.26. The lowest BCUT2D eigenvalue weighted by Crippen LogP contribution is -2.44. The fraction of sp³-hybridized carbons (Fsp3) is 0.500. The van der Waals surface area contributed by atoms with E-state index < -0.39 is 5.60 Å². The average Bonchev–Trinajstić information content (AvgIpc) is 2.39. The summed E-state index contributed by atoms with van der Waals surface area (Å²) < 4.78 is 0. The largest absolute Gasteiger partial charge is 0.373 e. The van der Waals surface area contributed by atoms with Crippen LogP contribution in [0.25, 0.3) is 0 Å². The fourth-order valence-corrected chi connectivity index (χ4v) is 2.98. The van der Waals surface area contributed by atoms with Gasteiger partial charge in [-0.15, -0.1) is 6.42 Å². The third-order valence-corrected chi connectivity index (χ3v) is 4.23. The van der Waals surface area contributed by atoms with Gasteiger partial charge in [-0.3, -0.25) is 0 Å². The summed E-state index contributed by atoms with van der Waals surface area (Å²) in [6.45, 7) is 2.12. The third kappa shape index (κ3) is 1.98. The maximum absolute atomic E-state index is 10.9. The van der Waals surface area contributed by atoms with E-state index in [0.717, 1.165) is 31.2 Å². The van der Waals surface area contributed by atoms with E-state index in [2.05, 4.69) is 12.8 Å². The van der Waals surface area contributed by atoms with E-state index in [4.69, 9.17) is 6.42 Å². The predicted molar refractivity (Wildman–Crippen MR) is 70.4 cm³/mol. The van der Waals surface area contributed by atoms with Crippen molar-refractivity contribution in [2.75, 3.05) is 0 Å². The van der Waals surface area contributed by atoms with Crippen LogP contribution in [0.1, 0.15) is 44.6 Å². The highest BCUT2D eigenvalue weighted by Crippen LogP contribution is 2.49. The molecule has 1 aromatic carbocycles. The van der Waals surface area contributed by atoms with Crippen molar-refractivity contribution >= 4 is 0 Å².